The van der Waals surface area contributed by atoms with Gasteiger partial charge in [0.25, 0.3) is 0 Å². The summed E-state index contributed by atoms with van der Waals surface area (Å²) < 4.78 is 22.6. The molecule has 0 bridgehead atoms. The highest BCUT2D eigenvalue weighted by Gasteiger charge is 2.40. The summed E-state index contributed by atoms with van der Waals surface area (Å²) in [5.41, 5.74) is 4.33. The lowest BCUT2D eigenvalue weighted by molar-refractivity contribution is -0.140. The molecule has 1 aliphatic heterocycles. The molecule has 17 heavy (non-hydrogen) atoms. The molecule has 1 heterocycles. The van der Waals surface area contributed by atoms with Crippen molar-refractivity contribution in [3.8, 4) is 0 Å². The van der Waals surface area contributed by atoms with Crippen molar-refractivity contribution in [3.63, 3.8) is 0 Å². The SMILES string of the molecule is CC1(NC(=O)C(=O)NCCN)CCS(=O)(=O)C1. The van der Waals surface area contributed by atoms with Gasteiger partial charge in [-0.1, -0.05) is 0 Å². The van der Waals surface area contributed by atoms with Gasteiger partial charge in [-0.3, -0.25) is 9.59 Å². The van der Waals surface area contributed by atoms with E-state index < -0.39 is 27.2 Å². The Labute approximate surface area is 100 Å². The first-order valence-electron chi connectivity index (χ1n) is 5.29. The van der Waals surface area contributed by atoms with Gasteiger partial charge in [-0.15, -0.1) is 0 Å². The lowest BCUT2D eigenvalue weighted by atomic mass is 10.0. The fourth-order valence-electron chi connectivity index (χ4n) is 1.71. The second kappa shape index (κ2) is 5.01. The van der Waals surface area contributed by atoms with Gasteiger partial charge in [0.05, 0.1) is 17.0 Å². The number of hydrogen-bond donors (Lipinski definition) is 3. The molecule has 8 heteroatoms. The van der Waals surface area contributed by atoms with E-state index in [1.54, 1.807) is 6.92 Å². The smallest absolute Gasteiger partial charge is 0.309 e. The maximum Gasteiger partial charge on any atom is 0.309 e. The Kier molecular flexibility index (Phi) is 4.10. The van der Waals surface area contributed by atoms with Gasteiger partial charge in [0.1, 0.15) is 0 Å². The fraction of sp³-hybridized carbons (Fsp3) is 0.778. The molecule has 0 radical (unpaired) electrons. The zero-order valence-corrected chi connectivity index (χ0v) is 10.5. The highest BCUT2D eigenvalue weighted by molar-refractivity contribution is 7.91. The van der Waals surface area contributed by atoms with Gasteiger partial charge in [0, 0.05) is 13.1 Å². The minimum absolute atomic E-state index is 0.0359. The highest BCUT2D eigenvalue weighted by atomic mass is 32.2. The maximum atomic E-state index is 11.5. The molecule has 1 unspecified atom stereocenters. The quantitative estimate of drug-likeness (QED) is 0.497. The first-order valence-corrected chi connectivity index (χ1v) is 7.11. The molecule has 98 valence electrons. The van der Waals surface area contributed by atoms with Crippen molar-refractivity contribution >= 4 is 21.7 Å². The minimum Gasteiger partial charge on any atom is -0.347 e. The van der Waals surface area contributed by atoms with Crippen LogP contribution in [0, 0.1) is 0 Å². The summed E-state index contributed by atoms with van der Waals surface area (Å²) in [6.07, 6.45) is 0.325. The van der Waals surface area contributed by atoms with E-state index in [0.29, 0.717) is 6.42 Å². The van der Waals surface area contributed by atoms with Crippen LogP contribution in [0.5, 0.6) is 0 Å². The van der Waals surface area contributed by atoms with E-state index in [1.807, 2.05) is 0 Å². The second-order valence-corrected chi connectivity index (χ2v) is 6.59. The zero-order valence-electron chi connectivity index (χ0n) is 9.65. The molecule has 0 aromatic carbocycles. The number of nitrogens with two attached hydrogens (primary N) is 1. The standard InChI is InChI=1S/C9H17N3O4S/c1-9(2-5-17(15,16)6-9)12-8(14)7(13)11-4-3-10/h2-6,10H2,1H3,(H,11,13)(H,12,14). The number of nitrogens with one attached hydrogen (secondary N) is 2. The van der Waals surface area contributed by atoms with Crippen LogP contribution in [0.25, 0.3) is 0 Å². The number of rotatable bonds is 3. The number of hydrogen-bond acceptors (Lipinski definition) is 5. The second-order valence-electron chi connectivity index (χ2n) is 4.40. The van der Waals surface area contributed by atoms with Crippen molar-refractivity contribution in [1.82, 2.24) is 10.6 Å². The first kappa shape index (κ1) is 13.9. The third-order valence-corrected chi connectivity index (χ3v) is 4.46. The number of carbonyl (C=O) groups is 2. The van der Waals surface area contributed by atoms with Crippen LogP contribution in [0.4, 0.5) is 0 Å². The molecule has 2 amide bonds. The molecule has 1 saturated heterocycles. The summed E-state index contributed by atoms with van der Waals surface area (Å²) in [6, 6.07) is 0. The van der Waals surface area contributed by atoms with Crippen molar-refractivity contribution in [2.24, 2.45) is 5.73 Å². The van der Waals surface area contributed by atoms with Gasteiger partial charge >= 0.3 is 11.8 Å². The average Bonchev–Trinajstić information content (AvgIpc) is 2.49. The Morgan fingerprint density at radius 2 is 2.00 bits per heavy atom. The molecule has 1 rings (SSSR count). The van der Waals surface area contributed by atoms with E-state index in [2.05, 4.69) is 10.6 Å². The molecule has 7 nitrogen and oxygen atoms in total. The molecule has 0 aliphatic carbocycles. The summed E-state index contributed by atoms with van der Waals surface area (Å²) in [6.45, 7) is 2.07. The van der Waals surface area contributed by atoms with Gasteiger partial charge in [-0.25, -0.2) is 8.42 Å². The van der Waals surface area contributed by atoms with E-state index >= 15 is 0 Å². The largest absolute Gasteiger partial charge is 0.347 e. The van der Waals surface area contributed by atoms with Crippen LogP contribution >= 0.6 is 0 Å². The molecule has 0 spiro atoms. The Morgan fingerprint density at radius 3 is 2.47 bits per heavy atom. The molecular weight excluding hydrogens is 246 g/mol. The monoisotopic (exact) mass is 263 g/mol. The molecule has 0 aromatic heterocycles. The van der Waals surface area contributed by atoms with Gasteiger partial charge < -0.3 is 16.4 Å². The predicted molar refractivity (Wildman–Crippen MR) is 61.9 cm³/mol. The van der Waals surface area contributed by atoms with Crippen molar-refractivity contribution in [3.05, 3.63) is 0 Å². The molecule has 0 saturated carbocycles. The van der Waals surface area contributed by atoms with Crippen LogP contribution in [-0.2, 0) is 19.4 Å². The van der Waals surface area contributed by atoms with Gasteiger partial charge in [0.2, 0.25) is 0 Å². The normalized spacial score (nSPS) is 26.5. The van der Waals surface area contributed by atoms with Crippen molar-refractivity contribution < 1.29 is 18.0 Å². The van der Waals surface area contributed by atoms with E-state index in [0.717, 1.165) is 0 Å². The van der Waals surface area contributed by atoms with Gasteiger partial charge in [-0.05, 0) is 13.3 Å². The predicted octanol–water partition coefficient (Wildman–Crippen LogP) is -2.25. The summed E-state index contributed by atoms with van der Waals surface area (Å²) in [4.78, 5) is 22.7. The minimum atomic E-state index is -3.11. The van der Waals surface area contributed by atoms with E-state index in [9.17, 15) is 18.0 Å². The molecule has 1 atom stereocenters. The lowest BCUT2D eigenvalue weighted by Crippen LogP contribution is -2.52. The molecule has 4 N–H and O–H groups in total. The summed E-state index contributed by atoms with van der Waals surface area (Å²) in [7, 11) is -3.11. The van der Waals surface area contributed by atoms with Crippen LogP contribution < -0.4 is 16.4 Å². The van der Waals surface area contributed by atoms with Crippen molar-refractivity contribution in [1.29, 1.82) is 0 Å². The summed E-state index contributed by atoms with van der Waals surface area (Å²) in [5, 5.41) is 4.77. The topological polar surface area (TPSA) is 118 Å². The Hall–Kier alpha value is -1.15. The maximum absolute atomic E-state index is 11.5. The van der Waals surface area contributed by atoms with Gasteiger partial charge in [0.15, 0.2) is 9.84 Å². The van der Waals surface area contributed by atoms with Crippen LogP contribution in [0.1, 0.15) is 13.3 Å². The van der Waals surface area contributed by atoms with Crippen molar-refractivity contribution in [2.75, 3.05) is 24.6 Å². The van der Waals surface area contributed by atoms with E-state index in [4.69, 9.17) is 5.73 Å². The Bertz CT molecular complexity index is 420. The molecule has 1 fully saturated rings. The zero-order chi connectivity index (χ0) is 13.1. The molecule has 0 aromatic rings. The third kappa shape index (κ3) is 3.97. The fourth-order valence-corrected chi connectivity index (χ4v) is 3.80. The van der Waals surface area contributed by atoms with Crippen LogP contribution in [0.15, 0.2) is 0 Å². The average molecular weight is 263 g/mol. The van der Waals surface area contributed by atoms with Crippen molar-refractivity contribution in [2.45, 2.75) is 18.9 Å². The number of amides is 2. The van der Waals surface area contributed by atoms with Crippen LogP contribution in [0.2, 0.25) is 0 Å². The number of sulfone groups is 1. The Morgan fingerprint density at radius 1 is 1.35 bits per heavy atom. The van der Waals surface area contributed by atoms with Crippen LogP contribution in [0.3, 0.4) is 0 Å². The lowest BCUT2D eigenvalue weighted by Gasteiger charge is -2.23. The highest BCUT2D eigenvalue weighted by Crippen LogP contribution is 2.22. The number of carbonyl (C=O) groups excluding carboxylic acids is 2. The first-order chi connectivity index (χ1) is 7.78. The van der Waals surface area contributed by atoms with Crippen LogP contribution in [-0.4, -0.2) is 50.4 Å². The van der Waals surface area contributed by atoms with E-state index in [-0.39, 0.29) is 24.6 Å². The third-order valence-electron chi connectivity index (χ3n) is 2.55. The molecular formula is C9H17N3O4S. The van der Waals surface area contributed by atoms with Gasteiger partial charge in [-0.2, -0.15) is 0 Å². The Balaban J connectivity index is 2.54. The summed E-state index contributed by atoms with van der Waals surface area (Å²) in [5.74, 6) is -1.71. The summed E-state index contributed by atoms with van der Waals surface area (Å²) >= 11 is 0. The molecule has 1 aliphatic rings. The van der Waals surface area contributed by atoms with E-state index in [1.165, 1.54) is 0 Å².